The lowest BCUT2D eigenvalue weighted by Gasteiger charge is -2.36. The number of benzene rings is 3. The van der Waals surface area contributed by atoms with E-state index in [-0.39, 0.29) is 23.1 Å². The zero-order chi connectivity index (χ0) is 28.2. The van der Waals surface area contributed by atoms with Gasteiger partial charge in [-0.05, 0) is 60.7 Å². The molecule has 11 heteroatoms. The van der Waals surface area contributed by atoms with Crippen molar-refractivity contribution in [2.75, 3.05) is 43.5 Å². The predicted octanol–water partition coefficient (Wildman–Crippen LogP) is 5.73. The van der Waals surface area contributed by atoms with Crippen molar-refractivity contribution < 1.29 is 23.7 Å². The second-order valence-corrected chi connectivity index (χ2v) is 9.50. The molecule has 4 aromatic rings. The second-order valence-electron chi connectivity index (χ2n) is 9.06. The van der Waals surface area contributed by atoms with Crippen LogP contribution in [0, 0.1) is 10.1 Å². The van der Waals surface area contributed by atoms with E-state index in [0.29, 0.717) is 53.8 Å². The number of furan rings is 1. The number of nitro groups is 1. The first-order valence-electron chi connectivity index (χ1n) is 12.5. The molecule has 1 aliphatic heterocycles. The first-order valence-corrected chi connectivity index (χ1v) is 12.8. The molecule has 0 radical (unpaired) electrons. The fourth-order valence-electron chi connectivity index (χ4n) is 4.58. The summed E-state index contributed by atoms with van der Waals surface area (Å²) in [5, 5.41) is 14.6. The largest absolute Gasteiger partial charge is 0.496 e. The van der Waals surface area contributed by atoms with E-state index in [1.165, 1.54) is 25.3 Å². The summed E-state index contributed by atoms with van der Waals surface area (Å²) in [4.78, 5) is 40.6. The highest BCUT2D eigenvalue weighted by molar-refractivity contribution is 6.31. The van der Waals surface area contributed by atoms with Gasteiger partial charge in [-0.1, -0.05) is 23.7 Å². The summed E-state index contributed by atoms with van der Waals surface area (Å²) in [6, 6.07) is 21.6. The van der Waals surface area contributed by atoms with E-state index in [0.717, 1.165) is 5.69 Å². The van der Waals surface area contributed by atoms with Gasteiger partial charge in [0.15, 0.2) is 5.76 Å². The number of nitrogens with one attached hydrogen (secondary N) is 1. The molecule has 1 aromatic heterocycles. The van der Waals surface area contributed by atoms with Crippen molar-refractivity contribution in [3.63, 3.8) is 0 Å². The van der Waals surface area contributed by atoms with Crippen LogP contribution in [0.4, 0.5) is 17.1 Å². The lowest BCUT2D eigenvalue weighted by Crippen LogP contribution is -2.48. The number of nitrogens with zero attached hydrogens (tertiary/aromatic N) is 3. The molecule has 0 spiro atoms. The number of hydrogen-bond donors (Lipinski definition) is 1. The van der Waals surface area contributed by atoms with Gasteiger partial charge in [0.25, 0.3) is 17.5 Å². The number of methoxy groups -OCH3 is 1. The third kappa shape index (κ3) is 5.62. The van der Waals surface area contributed by atoms with E-state index in [1.807, 2.05) is 12.1 Å². The normalized spacial score (nSPS) is 13.2. The highest BCUT2D eigenvalue weighted by atomic mass is 35.5. The summed E-state index contributed by atoms with van der Waals surface area (Å²) in [7, 11) is 1.52. The van der Waals surface area contributed by atoms with Gasteiger partial charge in [-0.3, -0.25) is 19.7 Å². The number of ether oxygens (including phenoxy) is 1. The van der Waals surface area contributed by atoms with Gasteiger partial charge in [0, 0.05) is 48.6 Å². The average Bonchev–Trinajstić information content (AvgIpc) is 3.48. The Labute approximate surface area is 234 Å². The Bertz CT molecular complexity index is 1560. The molecule has 1 aliphatic rings. The fraction of sp³-hybridized carbons (Fsp3) is 0.172. The fourth-order valence-corrected chi connectivity index (χ4v) is 4.75. The van der Waals surface area contributed by atoms with E-state index in [1.54, 1.807) is 53.4 Å². The third-order valence-corrected chi connectivity index (χ3v) is 6.88. The molecule has 5 rings (SSSR count). The average molecular weight is 561 g/mol. The quantitative estimate of drug-likeness (QED) is 0.226. The molecule has 0 aliphatic carbocycles. The number of carbonyl (C=O) groups excluding carboxylic acids is 2. The van der Waals surface area contributed by atoms with Crippen molar-refractivity contribution in [3.8, 4) is 17.1 Å². The number of anilines is 2. The van der Waals surface area contributed by atoms with Gasteiger partial charge in [-0.15, -0.1) is 0 Å². The van der Waals surface area contributed by atoms with Crippen molar-refractivity contribution in [1.29, 1.82) is 0 Å². The van der Waals surface area contributed by atoms with Crippen LogP contribution in [-0.2, 0) is 0 Å². The summed E-state index contributed by atoms with van der Waals surface area (Å²) < 4.78 is 11.0. The molecular weight excluding hydrogens is 536 g/mol. The van der Waals surface area contributed by atoms with Crippen LogP contribution in [0.2, 0.25) is 5.02 Å². The van der Waals surface area contributed by atoms with E-state index in [4.69, 9.17) is 20.8 Å². The molecule has 0 unspecified atom stereocenters. The lowest BCUT2D eigenvalue weighted by atomic mass is 10.1. The molecule has 204 valence electrons. The summed E-state index contributed by atoms with van der Waals surface area (Å²) in [5.41, 5.74) is 2.16. The van der Waals surface area contributed by atoms with E-state index < -0.39 is 10.8 Å². The molecule has 3 aromatic carbocycles. The third-order valence-electron chi connectivity index (χ3n) is 6.65. The number of hydrogen-bond acceptors (Lipinski definition) is 7. The van der Waals surface area contributed by atoms with Gasteiger partial charge in [-0.25, -0.2) is 0 Å². The zero-order valence-electron chi connectivity index (χ0n) is 21.5. The Kier molecular flexibility index (Phi) is 7.70. The smallest absolute Gasteiger partial charge is 0.291 e. The minimum absolute atomic E-state index is 0.0364. The number of para-hydroxylation sites is 1. The van der Waals surface area contributed by atoms with E-state index in [9.17, 15) is 19.7 Å². The van der Waals surface area contributed by atoms with Crippen molar-refractivity contribution >= 4 is 40.5 Å². The van der Waals surface area contributed by atoms with Crippen LogP contribution in [-0.4, -0.2) is 54.9 Å². The van der Waals surface area contributed by atoms with Gasteiger partial charge in [0.2, 0.25) is 0 Å². The van der Waals surface area contributed by atoms with Crippen molar-refractivity contribution in [2.24, 2.45) is 0 Å². The molecule has 0 bridgehead atoms. The Balaban J connectivity index is 1.19. The number of halogens is 1. The maximum absolute atomic E-state index is 13.1. The molecule has 0 atom stereocenters. The molecule has 0 saturated carbocycles. The molecule has 40 heavy (non-hydrogen) atoms. The van der Waals surface area contributed by atoms with Crippen LogP contribution in [0.15, 0.2) is 83.3 Å². The van der Waals surface area contributed by atoms with Crippen molar-refractivity contribution in [3.05, 3.63) is 105 Å². The van der Waals surface area contributed by atoms with Crippen LogP contribution in [0.3, 0.4) is 0 Å². The molecule has 1 saturated heterocycles. The van der Waals surface area contributed by atoms with Gasteiger partial charge < -0.3 is 24.3 Å². The highest BCUT2D eigenvalue weighted by Crippen LogP contribution is 2.31. The molecule has 1 fully saturated rings. The predicted molar refractivity (Wildman–Crippen MR) is 151 cm³/mol. The first-order chi connectivity index (χ1) is 19.3. The monoisotopic (exact) mass is 560 g/mol. The van der Waals surface area contributed by atoms with Gasteiger partial charge in [0.1, 0.15) is 11.5 Å². The number of amides is 2. The Morgan fingerprint density at radius 3 is 2.40 bits per heavy atom. The van der Waals surface area contributed by atoms with Gasteiger partial charge in [-0.2, -0.15) is 0 Å². The minimum Gasteiger partial charge on any atom is -0.496 e. The summed E-state index contributed by atoms with van der Waals surface area (Å²) in [6.45, 7) is 2.35. The zero-order valence-corrected chi connectivity index (χ0v) is 22.3. The lowest BCUT2D eigenvalue weighted by molar-refractivity contribution is -0.384. The highest BCUT2D eigenvalue weighted by Gasteiger charge is 2.25. The number of nitro benzene ring substituents is 1. The maximum atomic E-state index is 13.1. The molecule has 10 nitrogen and oxygen atoms in total. The topological polar surface area (TPSA) is 118 Å². The second kappa shape index (κ2) is 11.5. The van der Waals surface area contributed by atoms with Gasteiger partial charge >= 0.3 is 0 Å². The molecule has 2 heterocycles. The van der Waals surface area contributed by atoms with Crippen molar-refractivity contribution in [2.45, 2.75) is 0 Å². The summed E-state index contributed by atoms with van der Waals surface area (Å²) in [6.07, 6.45) is 0. The Hall–Kier alpha value is -4.83. The number of carbonyl (C=O) groups is 2. The molecule has 2 amide bonds. The minimum atomic E-state index is -0.493. The summed E-state index contributed by atoms with van der Waals surface area (Å²) >= 11 is 6.09. The summed E-state index contributed by atoms with van der Waals surface area (Å²) in [5.74, 6) is 0.163. The Morgan fingerprint density at radius 2 is 1.70 bits per heavy atom. The maximum Gasteiger partial charge on any atom is 0.291 e. The first kappa shape index (κ1) is 26.8. The van der Waals surface area contributed by atoms with Crippen LogP contribution >= 0.6 is 11.6 Å². The van der Waals surface area contributed by atoms with Crippen LogP contribution < -0.4 is 15.0 Å². The van der Waals surface area contributed by atoms with Crippen LogP contribution in [0.1, 0.15) is 20.9 Å². The standard InChI is InChI=1S/C29H25ClN4O6/c1-39-25-11-6-19(30)18-23(25)29(36)33-16-14-32(15-17-33)21-9-7-20(8-10-21)31-28(35)27-13-12-26(40-27)22-4-2-3-5-24(22)34(37)38/h2-13,18H,14-17H2,1H3,(H,31,35). The number of piperazine rings is 1. The Morgan fingerprint density at radius 1 is 0.975 bits per heavy atom. The number of rotatable bonds is 7. The molecule has 1 N–H and O–H groups in total. The van der Waals surface area contributed by atoms with E-state index in [2.05, 4.69) is 10.2 Å². The van der Waals surface area contributed by atoms with Gasteiger partial charge in [0.05, 0.1) is 23.2 Å². The molecular formula is C29H25ClN4O6. The SMILES string of the molecule is COc1ccc(Cl)cc1C(=O)N1CCN(c2ccc(NC(=O)c3ccc(-c4ccccc4[N+](=O)[O-])o3)cc2)CC1. The van der Waals surface area contributed by atoms with E-state index >= 15 is 0 Å². The van der Waals surface area contributed by atoms with Crippen LogP contribution in [0.5, 0.6) is 5.75 Å². The van der Waals surface area contributed by atoms with Crippen molar-refractivity contribution in [1.82, 2.24) is 4.90 Å². The van der Waals surface area contributed by atoms with Crippen LogP contribution in [0.25, 0.3) is 11.3 Å².